The molecule has 1 aliphatic heterocycles. The summed E-state index contributed by atoms with van der Waals surface area (Å²) in [6.07, 6.45) is 0.999. The van der Waals surface area contributed by atoms with Gasteiger partial charge in [-0.2, -0.15) is 5.26 Å². The zero-order valence-corrected chi connectivity index (χ0v) is 11.0. The van der Waals surface area contributed by atoms with Crippen LogP contribution in [0, 0.1) is 11.3 Å². The molecule has 0 N–H and O–H groups in total. The van der Waals surface area contributed by atoms with Gasteiger partial charge in [-0.05, 0) is 42.3 Å². The predicted octanol–water partition coefficient (Wildman–Crippen LogP) is 3.29. The van der Waals surface area contributed by atoms with E-state index in [1.807, 2.05) is 12.1 Å². The number of nitrogens with zero attached hydrogens (tertiary/aromatic N) is 2. The third-order valence-corrected chi connectivity index (χ3v) is 3.88. The first-order chi connectivity index (χ1) is 9.28. The Bertz CT molecular complexity index is 622. The second-order valence-corrected chi connectivity index (χ2v) is 5.14. The number of rotatable bonds is 2. The van der Waals surface area contributed by atoms with Crippen LogP contribution in [-0.4, -0.2) is 11.9 Å². The van der Waals surface area contributed by atoms with Gasteiger partial charge in [0.15, 0.2) is 0 Å². The third-order valence-electron chi connectivity index (χ3n) is 3.88. The van der Waals surface area contributed by atoms with E-state index in [-0.39, 0.29) is 0 Å². The molecule has 2 nitrogen and oxygen atoms in total. The fraction of sp³-hybridized carbons (Fsp3) is 0.235. The van der Waals surface area contributed by atoms with Crippen LogP contribution in [0.1, 0.15) is 28.3 Å². The van der Waals surface area contributed by atoms with Crippen LogP contribution in [0.25, 0.3) is 0 Å². The van der Waals surface area contributed by atoms with Crippen molar-refractivity contribution >= 4 is 0 Å². The van der Waals surface area contributed by atoms with Crippen LogP contribution < -0.4 is 0 Å². The highest BCUT2D eigenvalue weighted by atomic mass is 15.1. The van der Waals surface area contributed by atoms with Gasteiger partial charge in [-0.15, -0.1) is 0 Å². The summed E-state index contributed by atoms with van der Waals surface area (Å²) in [5.41, 5.74) is 4.88. The van der Waals surface area contributed by atoms with Crippen LogP contribution in [-0.2, 0) is 13.0 Å². The molecule has 0 fully saturated rings. The zero-order chi connectivity index (χ0) is 13.2. The summed E-state index contributed by atoms with van der Waals surface area (Å²) in [7, 11) is 2.17. The van der Waals surface area contributed by atoms with Crippen molar-refractivity contribution in [1.82, 2.24) is 4.90 Å². The summed E-state index contributed by atoms with van der Waals surface area (Å²) in [6.45, 7) is 1.02. The summed E-state index contributed by atoms with van der Waals surface area (Å²) in [6, 6.07) is 19.2. The molecule has 2 aromatic carbocycles. The van der Waals surface area contributed by atoms with Crippen molar-refractivity contribution in [1.29, 1.82) is 5.26 Å². The van der Waals surface area contributed by atoms with Crippen molar-refractivity contribution in [3.8, 4) is 6.07 Å². The van der Waals surface area contributed by atoms with E-state index in [4.69, 9.17) is 5.26 Å². The second-order valence-electron chi connectivity index (χ2n) is 5.14. The molecule has 0 radical (unpaired) electrons. The lowest BCUT2D eigenvalue weighted by atomic mass is 9.98. The lowest BCUT2D eigenvalue weighted by Crippen LogP contribution is -2.18. The van der Waals surface area contributed by atoms with Crippen molar-refractivity contribution in [3.63, 3.8) is 0 Å². The molecule has 2 aromatic rings. The molecule has 1 unspecified atom stereocenters. The molecule has 0 aromatic heterocycles. The molecule has 1 atom stereocenters. The SMILES string of the molecule is CN1Cc2ccccc2C1Cc1ccc(C#N)cc1. The largest absolute Gasteiger partial charge is 0.295 e. The molecule has 0 bridgehead atoms. The van der Waals surface area contributed by atoms with E-state index >= 15 is 0 Å². The van der Waals surface area contributed by atoms with Crippen LogP contribution in [0.4, 0.5) is 0 Å². The summed E-state index contributed by atoms with van der Waals surface area (Å²) in [4.78, 5) is 2.39. The Kier molecular flexibility index (Phi) is 3.06. The summed E-state index contributed by atoms with van der Waals surface area (Å²) >= 11 is 0. The summed E-state index contributed by atoms with van der Waals surface area (Å²) in [5, 5.41) is 8.83. The van der Waals surface area contributed by atoms with Gasteiger partial charge in [0, 0.05) is 12.6 Å². The fourth-order valence-electron chi connectivity index (χ4n) is 2.82. The summed E-state index contributed by atoms with van der Waals surface area (Å²) in [5.74, 6) is 0. The quantitative estimate of drug-likeness (QED) is 0.815. The Labute approximate surface area is 113 Å². The highest BCUT2D eigenvalue weighted by Gasteiger charge is 2.26. The number of likely N-dealkylation sites (N-methyl/N-ethyl adjacent to an activating group) is 1. The normalized spacial score (nSPS) is 18.0. The minimum absolute atomic E-state index is 0.448. The van der Waals surface area contributed by atoms with E-state index in [2.05, 4.69) is 54.4 Å². The molecular weight excluding hydrogens is 232 g/mol. The first-order valence-corrected chi connectivity index (χ1v) is 6.55. The first-order valence-electron chi connectivity index (χ1n) is 6.55. The Morgan fingerprint density at radius 3 is 2.63 bits per heavy atom. The lowest BCUT2D eigenvalue weighted by molar-refractivity contribution is 0.267. The highest BCUT2D eigenvalue weighted by Crippen LogP contribution is 2.34. The lowest BCUT2D eigenvalue weighted by Gasteiger charge is -2.20. The number of fused-ring (bicyclic) bond motifs is 1. The maximum absolute atomic E-state index is 8.83. The number of hydrogen-bond donors (Lipinski definition) is 0. The van der Waals surface area contributed by atoms with Crippen LogP contribution in [0.3, 0.4) is 0 Å². The third kappa shape index (κ3) is 2.25. The van der Waals surface area contributed by atoms with Gasteiger partial charge in [0.2, 0.25) is 0 Å². The highest BCUT2D eigenvalue weighted by molar-refractivity contribution is 5.37. The van der Waals surface area contributed by atoms with Crippen molar-refractivity contribution in [2.75, 3.05) is 7.05 Å². The number of nitriles is 1. The standard InChI is InChI=1S/C17H16N2/c1-19-12-15-4-2-3-5-16(15)17(19)10-13-6-8-14(11-18)9-7-13/h2-9,17H,10,12H2,1H3. The molecule has 0 saturated heterocycles. The molecular formula is C17H16N2. The molecule has 2 heteroatoms. The molecule has 94 valence electrons. The van der Waals surface area contributed by atoms with Crippen molar-refractivity contribution in [2.24, 2.45) is 0 Å². The maximum atomic E-state index is 8.83. The van der Waals surface area contributed by atoms with Crippen LogP contribution in [0.5, 0.6) is 0 Å². The predicted molar refractivity (Wildman–Crippen MR) is 75.5 cm³/mol. The molecule has 0 spiro atoms. The maximum Gasteiger partial charge on any atom is 0.0991 e. The zero-order valence-electron chi connectivity index (χ0n) is 11.0. The van der Waals surface area contributed by atoms with Gasteiger partial charge in [0.1, 0.15) is 0 Å². The van der Waals surface area contributed by atoms with E-state index in [9.17, 15) is 0 Å². The Hall–Kier alpha value is -2.11. The second kappa shape index (κ2) is 4.87. The van der Waals surface area contributed by atoms with E-state index in [0.717, 1.165) is 18.5 Å². The molecule has 0 amide bonds. The van der Waals surface area contributed by atoms with E-state index in [0.29, 0.717) is 6.04 Å². The van der Waals surface area contributed by atoms with E-state index in [1.54, 1.807) is 0 Å². The van der Waals surface area contributed by atoms with Crippen LogP contribution in [0.15, 0.2) is 48.5 Å². The molecule has 3 rings (SSSR count). The van der Waals surface area contributed by atoms with Gasteiger partial charge >= 0.3 is 0 Å². The van der Waals surface area contributed by atoms with Gasteiger partial charge in [-0.1, -0.05) is 36.4 Å². The number of benzene rings is 2. The Balaban J connectivity index is 1.85. The van der Waals surface area contributed by atoms with E-state index < -0.39 is 0 Å². The number of hydrogen-bond acceptors (Lipinski definition) is 2. The fourth-order valence-corrected chi connectivity index (χ4v) is 2.82. The molecule has 1 heterocycles. The minimum atomic E-state index is 0.448. The van der Waals surface area contributed by atoms with E-state index in [1.165, 1.54) is 16.7 Å². The smallest absolute Gasteiger partial charge is 0.0991 e. The molecule has 0 aliphatic carbocycles. The Morgan fingerprint density at radius 1 is 1.16 bits per heavy atom. The average Bonchev–Trinajstić information content (AvgIpc) is 2.76. The van der Waals surface area contributed by atoms with Crippen LogP contribution in [0.2, 0.25) is 0 Å². The monoisotopic (exact) mass is 248 g/mol. The molecule has 1 aliphatic rings. The molecule has 19 heavy (non-hydrogen) atoms. The topological polar surface area (TPSA) is 27.0 Å². The summed E-state index contributed by atoms with van der Waals surface area (Å²) < 4.78 is 0. The van der Waals surface area contributed by atoms with Crippen LogP contribution >= 0.6 is 0 Å². The average molecular weight is 248 g/mol. The van der Waals surface area contributed by atoms with Crippen molar-refractivity contribution in [2.45, 2.75) is 19.0 Å². The van der Waals surface area contributed by atoms with Gasteiger partial charge in [0.05, 0.1) is 11.6 Å². The van der Waals surface area contributed by atoms with Gasteiger partial charge in [-0.3, -0.25) is 4.90 Å². The van der Waals surface area contributed by atoms with Crippen molar-refractivity contribution < 1.29 is 0 Å². The first kappa shape index (κ1) is 12.0. The van der Waals surface area contributed by atoms with Gasteiger partial charge in [-0.25, -0.2) is 0 Å². The van der Waals surface area contributed by atoms with Crippen molar-refractivity contribution in [3.05, 3.63) is 70.8 Å². The minimum Gasteiger partial charge on any atom is -0.295 e. The Morgan fingerprint density at radius 2 is 1.89 bits per heavy atom. The van der Waals surface area contributed by atoms with Gasteiger partial charge < -0.3 is 0 Å². The molecule has 0 saturated carbocycles. The van der Waals surface area contributed by atoms with Gasteiger partial charge in [0.25, 0.3) is 0 Å².